The predicted molar refractivity (Wildman–Crippen MR) is 145 cm³/mol. The van der Waals surface area contributed by atoms with E-state index in [1.165, 1.54) is 6.08 Å². The van der Waals surface area contributed by atoms with Crippen molar-refractivity contribution in [3.05, 3.63) is 47.5 Å². The first kappa shape index (κ1) is 30.4. The van der Waals surface area contributed by atoms with Crippen molar-refractivity contribution in [3.63, 3.8) is 0 Å². The molecule has 3 aliphatic heterocycles. The largest absolute Gasteiger partial charge is 0.509 e. The molecule has 2 amide bonds. The summed E-state index contributed by atoms with van der Waals surface area (Å²) in [5.74, 6) is -1.29. The first-order valence-electron chi connectivity index (χ1n) is 13.1. The van der Waals surface area contributed by atoms with Crippen molar-refractivity contribution in [1.29, 1.82) is 0 Å². The molecule has 0 saturated carbocycles. The molecule has 2 bridgehead atoms. The van der Waals surface area contributed by atoms with E-state index in [0.29, 0.717) is 39.2 Å². The van der Waals surface area contributed by atoms with Crippen molar-refractivity contribution in [1.82, 2.24) is 15.1 Å². The van der Waals surface area contributed by atoms with E-state index in [1.807, 2.05) is 19.9 Å². The normalized spacial score (nSPS) is 26.1. The molecule has 37 heavy (non-hydrogen) atoms. The number of nitrogens with zero attached hydrogens (tertiary/aromatic N) is 3. The number of nitrogens with one attached hydrogen (secondary N) is 1. The van der Waals surface area contributed by atoms with Crippen LogP contribution in [-0.4, -0.2) is 91.5 Å². The van der Waals surface area contributed by atoms with E-state index in [2.05, 4.69) is 35.6 Å². The lowest BCUT2D eigenvalue weighted by atomic mass is 9.81. The van der Waals surface area contributed by atoms with Crippen LogP contribution in [0, 0.1) is 5.41 Å². The molecular weight excluding hydrogens is 475 g/mol. The Balaban J connectivity index is 0.000000877. The molecule has 2 fully saturated rings. The Bertz CT molecular complexity index is 932. The summed E-state index contributed by atoms with van der Waals surface area (Å²) in [6.07, 6.45) is 8.04. The van der Waals surface area contributed by atoms with Gasteiger partial charge in [-0.25, -0.2) is 4.39 Å². The van der Waals surface area contributed by atoms with Gasteiger partial charge in [0.15, 0.2) is 0 Å². The van der Waals surface area contributed by atoms with Crippen molar-refractivity contribution in [2.75, 3.05) is 52.5 Å². The minimum atomic E-state index is -0.550. The van der Waals surface area contributed by atoms with Crippen LogP contribution in [0.3, 0.4) is 0 Å². The highest BCUT2D eigenvalue weighted by atomic mass is 19.1. The Morgan fingerprint density at radius 1 is 1.38 bits per heavy atom. The lowest BCUT2D eigenvalue weighted by Gasteiger charge is -2.27. The number of carbonyl (C=O) groups is 2. The molecule has 8 nitrogen and oxygen atoms in total. The second-order valence-electron chi connectivity index (χ2n) is 10.0. The number of amides is 2. The van der Waals surface area contributed by atoms with Gasteiger partial charge in [0.2, 0.25) is 0 Å². The van der Waals surface area contributed by atoms with Crippen LogP contribution in [0.15, 0.2) is 52.5 Å². The van der Waals surface area contributed by atoms with Gasteiger partial charge in [0.05, 0.1) is 32.1 Å². The molecule has 206 valence electrons. The zero-order chi connectivity index (χ0) is 27.4. The van der Waals surface area contributed by atoms with Gasteiger partial charge in [0, 0.05) is 44.4 Å². The monoisotopic (exact) mass is 518 g/mol. The molecular formula is C28H43FN4O4. The molecule has 0 radical (unpaired) electrons. The molecule has 1 atom stereocenters. The highest BCUT2D eigenvalue weighted by Gasteiger charge is 2.45. The second-order valence-corrected chi connectivity index (χ2v) is 10.0. The summed E-state index contributed by atoms with van der Waals surface area (Å²) in [5.41, 5.74) is 1.77. The van der Waals surface area contributed by atoms with Crippen molar-refractivity contribution < 1.29 is 23.8 Å². The summed E-state index contributed by atoms with van der Waals surface area (Å²) in [4.78, 5) is 34.8. The highest BCUT2D eigenvalue weighted by Crippen LogP contribution is 2.42. The fourth-order valence-corrected chi connectivity index (χ4v) is 4.99. The van der Waals surface area contributed by atoms with Gasteiger partial charge in [0.1, 0.15) is 11.3 Å². The fourth-order valence-electron chi connectivity index (χ4n) is 4.99. The Labute approximate surface area is 220 Å². The molecule has 0 spiro atoms. The first-order chi connectivity index (χ1) is 17.7. The number of morpholine rings is 1. The van der Waals surface area contributed by atoms with E-state index >= 15 is 0 Å². The van der Waals surface area contributed by atoms with E-state index in [0.717, 1.165) is 43.5 Å². The minimum Gasteiger partial charge on any atom is -0.509 e. The quantitative estimate of drug-likeness (QED) is 0.377. The highest BCUT2D eigenvalue weighted by molar-refractivity contribution is 6.19. The van der Waals surface area contributed by atoms with Crippen LogP contribution in [0.5, 0.6) is 0 Å². The third-order valence-electron chi connectivity index (χ3n) is 6.76. The zero-order valence-electron chi connectivity index (χ0n) is 22.8. The Kier molecular flexibility index (Phi) is 12.2. The maximum atomic E-state index is 13.5. The molecule has 0 aromatic carbocycles. The van der Waals surface area contributed by atoms with E-state index < -0.39 is 11.8 Å². The van der Waals surface area contributed by atoms with E-state index in [1.54, 1.807) is 11.1 Å². The smallest absolute Gasteiger partial charge is 0.263 e. The number of allylic oxidation sites excluding steroid dienone is 3. The number of aliphatic hydroxyl groups excluding tert-OH is 1. The van der Waals surface area contributed by atoms with Crippen molar-refractivity contribution >= 4 is 18.0 Å². The van der Waals surface area contributed by atoms with Gasteiger partial charge in [-0.2, -0.15) is 0 Å². The van der Waals surface area contributed by atoms with Crippen LogP contribution in [0.4, 0.5) is 4.39 Å². The van der Waals surface area contributed by atoms with Gasteiger partial charge >= 0.3 is 0 Å². The molecule has 0 aliphatic carbocycles. The van der Waals surface area contributed by atoms with Crippen LogP contribution in [0.25, 0.3) is 0 Å². The van der Waals surface area contributed by atoms with E-state index in [4.69, 9.17) is 4.74 Å². The molecule has 1 unspecified atom stereocenters. The number of halogens is 1. The van der Waals surface area contributed by atoms with Crippen molar-refractivity contribution in [2.24, 2.45) is 10.4 Å². The number of aliphatic hydroxyl groups is 1. The van der Waals surface area contributed by atoms with Gasteiger partial charge in [-0.3, -0.25) is 19.5 Å². The van der Waals surface area contributed by atoms with Gasteiger partial charge in [-0.1, -0.05) is 32.9 Å². The van der Waals surface area contributed by atoms with Gasteiger partial charge in [-0.05, 0) is 37.3 Å². The maximum Gasteiger partial charge on any atom is 0.263 e. The Hall–Kier alpha value is -2.78. The predicted octanol–water partition coefficient (Wildman–Crippen LogP) is 3.73. The molecule has 2 saturated heterocycles. The fraction of sp³-hybridized carbons (Fsp3) is 0.607. The lowest BCUT2D eigenvalue weighted by Crippen LogP contribution is -2.44. The molecule has 0 aromatic heterocycles. The Morgan fingerprint density at radius 3 is 2.68 bits per heavy atom. The van der Waals surface area contributed by atoms with Crippen LogP contribution >= 0.6 is 0 Å². The summed E-state index contributed by atoms with van der Waals surface area (Å²) in [6.45, 7) is 16.3. The number of fused-ring (bicyclic) bond motifs is 2. The van der Waals surface area contributed by atoms with Gasteiger partial charge in [-0.15, -0.1) is 6.58 Å². The number of hydrogen-bond acceptors (Lipinski definition) is 6. The lowest BCUT2D eigenvalue weighted by molar-refractivity contribution is -0.131. The summed E-state index contributed by atoms with van der Waals surface area (Å²) < 4.78 is 16.2. The van der Waals surface area contributed by atoms with E-state index in [-0.39, 0.29) is 29.3 Å². The second kappa shape index (κ2) is 14.8. The van der Waals surface area contributed by atoms with Gasteiger partial charge in [0.25, 0.3) is 11.8 Å². The SMILES string of the molecule is C=CCC/C1=C2/C(C)N(CC2(C)C)C(=O)/C(C(=O)NCCN2CCOCC2)=C(/O)CN=C1.CC/C=C/F. The molecule has 3 aliphatic rings. The summed E-state index contributed by atoms with van der Waals surface area (Å²) in [7, 11) is 0. The average molecular weight is 519 g/mol. The zero-order valence-corrected chi connectivity index (χ0v) is 22.8. The molecule has 9 heteroatoms. The van der Waals surface area contributed by atoms with Crippen LogP contribution in [0.1, 0.15) is 47.0 Å². The topological polar surface area (TPSA) is 94.5 Å². The number of rotatable bonds is 8. The number of aliphatic imine (C=N–C) groups is 1. The van der Waals surface area contributed by atoms with Gasteiger partial charge < -0.3 is 20.1 Å². The van der Waals surface area contributed by atoms with Crippen LogP contribution in [0.2, 0.25) is 0 Å². The summed E-state index contributed by atoms with van der Waals surface area (Å²) in [5, 5.41) is 13.5. The summed E-state index contributed by atoms with van der Waals surface area (Å²) >= 11 is 0. The number of hydrogen-bond donors (Lipinski definition) is 2. The van der Waals surface area contributed by atoms with E-state index in [9.17, 15) is 19.1 Å². The van der Waals surface area contributed by atoms with Crippen LogP contribution < -0.4 is 5.32 Å². The third kappa shape index (κ3) is 8.36. The minimum absolute atomic E-state index is 0.106. The first-order valence-corrected chi connectivity index (χ1v) is 13.1. The standard InChI is InChI=1S/C24H36N4O4.C4H7F/c1-5-6-7-18-14-25-15-19(29)20(22(30)26-8-9-27-10-12-32-13-11-27)23(31)28-16-24(3,4)21(18)17(28)2;1-2-3-4-5/h5,14,17,29H,1,6-13,15-16H2,2-4H3,(H,26,30);3-4H,2H2,1H3/b20-19+,21-18+,25-14?;4-3+. The van der Waals surface area contributed by atoms with Crippen molar-refractivity contribution in [3.8, 4) is 0 Å². The third-order valence-corrected chi connectivity index (χ3v) is 6.76. The molecule has 3 heterocycles. The molecule has 0 aromatic rings. The Morgan fingerprint density at radius 2 is 2.08 bits per heavy atom. The molecule has 2 N–H and O–H groups in total. The molecule has 3 rings (SSSR count). The maximum absolute atomic E-state index is 13.5. The van der Waals surface area contributed by atoms with Crippen LogP contribution in [-0.2, 0) is 14.3 Å². The number of carbonyl (C=O) groups excluding carboxylic acids is 2. The average Bonchev–Trinajstić information content (AvgIpc) is 3.10. The number of ether oxygens (including phenoxy) is 1. The summed E-state index contributed by atoms with van der Waals surface area (Å²) in [6, 6.07) is -0.189. The van der Waals surface area contributed by atoms with Crippen molar-refractivity contribution in [2.45, 2.75) is 53.0 Å².